The molecular formula is C88H122N26O22S4. The number of nitrogens with zero attached hydrogens (tertiary/aromatic N) is 4. The largest absolute Gasteiger partial charge is 0.508 e. The molecule has 0 unspecified atom stereocenters. The van der Waals surface area contributed by atoms with Crippen LogP contribution in [-0.4, -0.2) is 284 Å². The molecule has 4 aliphatic heterocycles. The summed E-state index contributed by atoms with van der Waals surface area (Å²) in [7, 11) is 4.46. The first kappa shape index (κ1) is 113. The van der Waals surface area contributed by atoms with Crippen LogP contribution in [0.5, 0.6) is 11.5 Å². The van der Waals surface area contributed by atoms with Gasteiger partial charge in [-0.2, -0.15) is 0 Å². The number of phenolic OH excluding ortho intramolecular Hbond substituents is 2. The van der Waals surface area contributed by atoms with Crippen molar-refractivity contribution in [1.82, 2.24) is 73.6 Å². The second-order valence-electron chi connectivity index (χ2n) is 33.1. The zero-order chi connectivity index (χ0) is 103. The summed E-state index contributed by atoms with van der Waals surface area (Å²) in [5, 5.41) is 50.8. The van der Waals surface area contributed by atoms with Crippen molar-refractivity contribution >= 4 is 173 Å². The van der Waals surface area contributed by atoms with Gasteiger partial charge in [-0.15, -0.1) is 0 Å². The van der Waals surface area contributed by atoms with E-state index in [-0.39, 0.29) is 150 Å². The normalized spacial score (nSPS) is 22.4. The standard InChI is InChI=1S/2C44H61N13O11S2/c2*45-34(59)15-14-28-38(63)55-31(22-35(46)60)41(66)56-32(43(68)57-18-5-9-33(57)42(67)52-27(37(47)62)8-4-17-50-44(48)49)23-70-69-19-16-36(61)51-29(21-25-10-12-26(58)13-11-25)39(64)54-30(40(65)53-28)20-24-6-2-1-3-7-24/h2*1-3,6-7,10-13,27-33,58H,4-5,8-9,14-23H2,(H2,45,59)(H2,46,60)(H2,47,62)(H,51,61)(H,52,67)(H,53,65)(H,54,64)(H,55,63)(H,56,66)(H4,48,49,50)/t2*27-,28+,29+,30+,31+,32+,33+/m11/s1. The molecule has 14 atom stereocenters. The van der Waals surface area contributed by atoms with Gasteiger partial charge in [0.25, 0.3) is 0 Å². The molecule has 8 rings (SSSR count). The fourth-order valence-electron chi connectivity index (χ4n) is 15.0. The number of aromatic hydroxyl groups is 2. The van der Waals surface area contributed by atoms with E-state index in [1.807, 2.05) is 0 Å². The molecule has 4 heterocycles. The first-order valence-corrected chi connectivity index (χ1v) is 49.8. The molecule has 0 aliphatic carbocycles. The van der Waals surface area contributed by atoms with Gasteiger partial charge in [0.05, 0.1) is 12.8 Å². The zero-order valence-electron chi connectivity index (χ0n) is 76.5. The molecule has 760 valence electrons. The Kier molecular flexibility index (Phi) is 46.6. The maximum atomic E-state index is 14.4. The highest BCUT2D eigenvalue weighted by Crippen LogP contribution is 2.29. The fourth-order valence-corrected chi connectivity index (χ4v) is 19.3. The number of hydrogen-bond acceptors (Lipinski definition) is 28. The number of carbonyl (C=O) groups excluding carboxylic acids is 20. The summed E-state index contributed by atoms with van der Waals surface area (Å²) in [4.78, 5) is 280. The predicted molar refractivity (Wildman–Crippen MR) is 518 cm³/mol. The minimum absolute atomic E-state index is 0.0329. The summed E-state index contributed by atoms with van der Waals surface area (Å²) in [5.74, 6) is -17.4. The zero-order valence-corrected chi connectivity index (χ0v) is 79.8. The molecule has 0 bridgehead atoms. The first-order valence-electron chi connectivity index (χ1n) is 44.8. The Hall–Kier alpha value is -14.2. The number of likely N-dealkylation sites (tertiary alicyclic amines) is 2. The van der Waals surface area contributed by atoms with E-state index in [0.717, 1.165) is 43.2 Å². The number of hydrogen-bond donors (Lipinski definition) is 24. The minimum atomic E-state index is -1.74. The molecule has 48 nitrogen and oxygen atoms in total. The number of carbonyl (C=O) groups is 20. The van der Waals surface area contributed by atoms with Gasteiger partial charge >= 0.3 is 0 Å². The summed E-state index contributed by atoms with van der Waals surface area (Å²) in [6, 6.07) is 9.73. The highest BCUT2D eigenvalue weighted by atomic mass is 33.1. The molecule has 4 aliphatic rings. The monoisotopic (exact) mass is 2020 g/mol. The van der Waals surface area contributed by atoms with Gasteiger partial charge in [-0.05, 0) is 111 Å². The van der Waals surface area contributed by atoms with E-state index >= 15 is 0 Å². The van der Waals surface area contributed by atoms with E-state index in [4.69, 9.17) is 57.3 Å². The maximum Gasteiger partial charge on any atom is 0.246 e. The van der Waals surface area contributed by atoms with E-state index in [0.29, 0.717) is 35.1 Å². The molecule has 52 heteroatoms. The fraction of sp³-hybridized carbons (Fsp3) is 0.477. The van der Waals surface area contributed by atoms with Crippen molar-refractivity contribution in [2.45, 2.75) is 213 Å². The van der Waals surface area contributed by atoms with E-state index < -0.39 is 241 Å². The van der Waals surface area contributed by atoms with Crippen LogP contribution in [0.15, 0.2) is 119 Å². The van der Waals surface area contributed by atoms with Gasteiger partial charge in [0.1, 0.15) is 96.1 Å². The number of aliphatic imine (C=N–C) groups is 2. The molecule has 20 amide bonds. The first-order chi connectivity index (χ1) is 66.6. The second-order valence-corrected chi connectivity index (χ2v) is 38.4. The number of rotatable bonds is 34. The quantitative estimate of drug-likeness (QED) is 0.00894. The number of amides is 20. The Balaban J connectivity index is 0.000000381. The molecule has 34 N–H and O–H groups in total. The Morgan fingerprint density at radius 1 is 0.371 bits per heavy atom. The van der Waals surface area contributed by atoms with Crippen LogP contribution in [0.25, 0.3) is 0 Å². The molecular weight excluding hydrogens is 1900 g/mol. The number of guanidine groups is 2. The van der Waals surface area contributed by atoms with Crippen LogP contribution in [-0.2, 0) is 122 Å². The van der Waals surface area contributed by atoms with E-state index in [9.17, 15) is 106 Å². The summed E-state index contributed by atoms with van der Waals surface area (Å²) < 4.78 is 0. The average molecular weight is 2020 g/mol. The van der Waals surface area contributed by atoms with Crippen molar-refractivity contribution < 1.29 is 106 Å². The average Bonchev–Trinajstić information content (AvgIpc) is 1.74. The van der Waals surface area contributed by atoms with Crippen LogP contribution in [0.2, 0.25) is 0 Å². The van der Waals surface area contributed by atoms with Crippen LogP contribution in [0.3, 0.4) is 0 Å². The van der Waals surface area contributed by atoms with E-state index in [1.165, 1.54) is 34.1 Å². The highest BCUT2D eigenvalue weighted by Gasteiger charge is 2.44. The number of primary amides is 6. The van der Waals surface area contributed by atoms with Crippen molar-refractivity contribution in [2.24, 2.45) is 67.3 Å². The van der Waals surface area contributed by atoms with E-state index in [1.54, 1.807) is 84.9 Å². The van der Waals surface area contributed by atoms with Crippen LogP contribution < -0.4 is 121 Å². The SMILES string of the molecule is NC(=O)CC[C@@H]1NC(=O)[C@H](Cc2ccccc2)NC(=O)[C@H](Cc2ccc(O)cc2)NC(=O)CCSSC[C@@H](C(=O)N2CCC[C@H]2C(=O)N[C@H](CCCN=C(N)N)C(N)=O)NC(=O)[C@H](CC(N)=O)NC1=O.NC(=O)CC[C@@H]1NC(=O)[C@H](Cc2ccccc2)NC(=O)[C@H](Cc2ccc(O)cc2)NC(=O)CCSSC[C@@H](C(=O)N2CCC[C@H]2C(=O)N[C@H](CCCN=C(N)N)C(N)=O)NC(=O)[C@H](CC(N)=O)NC1=O. The van der Waals surface area contributed by atoms with Gasteiger partial charge in [0.15, 0.2) is 11.9 Å². The topological polar surface area (TPSA) is 818 Å². The van der Waals surface area contributed by atoms with Crippen molar-refractivity contribution in [1.29, 1.82) is 0 Å². The Morgan fingerprint density at radius 3 is 0.986 bits per heavy atom. The third-order valence-corrected chi connectivity index (χ3v) is 27.0. The van der Waals surface area contributed by atoms with Crippen molar-refractivity contribution in [3.63, 3.8) is 0 Å². The van der Waals surface area contributed by atoms with Crippen molar-refractivity contribution in [3.8, 4) is 11.5 Å². The summed E-state index contributed by atoms with van der Waals surface area (Å²) in [5.41, 5.74) is 56.8. The molecule has 140 heavy (non-hydrogen) atoms. The third kappa shape index (κ3) is 39.4. The van der Waals surface area contributed by atoms with Gasteiger partial charge in [0, 0.05) is 101 Å². The number of phenols is 2. The summed E-state index contributed by atoms with van der Waals surface area (Å²) in [6.07, 6.45) is -1.99. The number of benzene rings is 4. The molecule has 4 aromatic rings. The second kappa shape index (κ2) is 57.9. The van der Waals surface area contributed by atoms with Crippen LogP contribution >= 0.6 is 43.2 Å². The smallest absolute Gasteiger partial charge is 0.246 e. The summed E-state index contributed by atoms with van der Waals surface area (Å²) >= 11 is 0. The van der Waals surface area contributed by atoms with Gasteiger partial charge in [0.2, 0.25) is 118 Å². The van der Waals surface area contributed by atoms with Gasteiger partial charge in [-0.3, -0.25) is 106 Å². The Morgan fingerprint density at radius 2 is 0.671 bits per heavy atom. The highest BCUT2D eigenvalue weighted by molar-refractivity contribution is 8.77. The van der Waals surface area contributed by atoms with Crippen molar-refractivity contribution in [3.05, 3.63) is 131 Å². The Bertz CT molecular complexity index is 4780. The number of nitrogens with two attached hydrogens (primary N) is 10. The van der Waals surface area contributed by atoms with Gasteiger partial charge in [-0.25, -0.2) is 0 Å². The maximum absolute atomic E-state index is 14.4. The minimum Gasteiger partial charge on any atom is -0.508 e. The molecule has 0 aromatic heterocycles. The van der Waals surface area contributed by atoms with Gasteiger partial charge < -0.3 is 141 Å². The lowest BCUT2D eigenvalue weighted by Crippen LogP contribution is -2.61. The van der Waals surface area contributed by atoms with Gasteiger partial charge in [-0.1, -0.05) is 128 Å². The molecule has 4 aromatic carbocycles. The third-order valence-electron chi connectivity index (χ3n) is 22.2. The molecule has 4 saturated heterocycles. The van der Waals surface area contributed by atoms with Crippen molar-refractivity contribution in [2.75, 3.05) is 49.2 Å². The Labute approximate surface area is 820 Å². The molecule has 4 fully saturated rings. The van der Waals surface area contributed by atoms with E-state index in [2.05, 4.69) is 73.8 Å². The lowest BCUT2D eigenvalue weighted by atomic mass is 10.0. The van der Waals surface area contributed by atoms with Crippen LogP contribution in [0, 0.1) is 0 Å². The van der Waals surface area contributed by atoms with Crippen LogP contribution in [0.1, 0.15) is 125 Å². The lowest BCUT2D eigenvalue weighted by molar-refractivity contribution is -0.142. The lowest BCUT2D eigenvalue weighted by Gasteiger charge is -2.30. The molecule has 0 spiro atoms. The predicted octanol–water partition coefficient (Wildman–Crippen LogP) is -6.92. The molecule has 0 saturated carbocycles. The summed E-state index contributed by atoms with van der Waals surface area (Å²) in [6.45, 7) is 0.455. The van der Waals surface area contributed by atoms with Crippen LogP contribution in [0.4, 0.5) is 0 Å². The molecule has 0 radical (unpaired) electrons. The number of nitrogens with one attached hydrogen (secondary N) is 12.